The van der Waals surface area contributed by atoms with Crippen molar-refractivity contribution in [2.75, 3.05) is 6.54 Å². The highest BCUT2D eigenvalue weighted by Crippen LogP contribution is 2.21. The third-order valence-corrected chi connectivity index (χ3v) is 2.49. The van der Waals surface area contributed by atoms with Crippen molar-refractivity contribution in [2.24, 2.45) is 11.1 Å². The highest BCUT2D eigenvalue weighted by molar-refractivity contribution is 5.74. The lowest BCUT2D eigenvalue weighted by molar-refractivity contribution is -0.147. The van der Waals surface area contributed by atoms with Crippen LogP contribution < -0.4 is 5.73 Å². The first-order chi connectivity index (χ1) is 6.98. The van der Waals surface area contributed by atoms with Crippen LogP contribution in [0.25, 0.3) is 0 Å². The molecule has 1 unspecified atom stereocenters. The fraction of sp³-hybridized carbons (Fsp3) is 0.455. The van der Waals surface area contributed by atoms with E-state index in [4.69, 9.17) is 10.8 Å². The van der Waals surface area contributed by atoms with Gasteiger partial charge in [0.15, 0.2) is 0 Å². The van der Waals surface area contributed by atoms with Gasteiger partial charge in [0.05, 0.1) is 5.41 Å². The maximum atomic E-state index is 11.0. The van der Waals surface area contributed by atoms with Crippen LogP contribution in [0.3, 0.4) is 0 Å². The zero-order valence-corrected chi connectivity index (χ0v) is 9.03. The van der Waals surface area contributed by atoms with E-state index in [1.54, 1.807) is 19.3 Å². The van der Waals surface area contributed by atoms with Gasteiger partial charge in [-0.3, -0.25) is 9.78 Å². The van der Waals surface area contributed by atoms with Crippen molar-refractivity contribution in [1.82, 2.24) is 4.98 Å². The summed E-state index contributed by atoms with van der Waals surface area (Å²) in [5.41, 5.74) is 6.52. The summed E-state index contributed by atoms with van der Waals surface area (Å²) in [7, 11) is 0. The lowest BCUT2D eigenvalue weighted by Crippen LogP contribution is -2.37. The number of hydrogen-bond donors (Lipinski definition) is 2. The van der Waals surface area contributed by atoms with Crippen LogP contribution in [-0.2, 0) is 11.2 Å². The van der Waals surface area contributed by atoms with Gasteiger partial charge < -0.3 is 10.8 Å². The Morgan fingerprint density at radius 1 is 1.60 bits per heavy atom. The number of hydrogen-bond acceptors (Lipinski definition) is 3. The van der Waals surface area contributed by atoms with Gasteiger partial charge in [0, 0.05) is 18.9 Å². The fourth-order valence-electron chi connectivity index (χ4n) is 1.40. The molecule has 1 heterocycles. The summed E-state index contributed by atoms with van der Waals surface area (Å²) in [6, 6.07) is 1.93. The molecular weight excluding hydrogens is 192 g/mol. The average molecular weight is 208 g/mol. The molecule has 15 heavy (non-hydrogen) atoms. The fourth-order valence-corrected chi connectivity index (χ4v) is 1.40. The number of pyridine rings is 1. The molecule has 0 spiro atoms. The Balaban J connectivity index is 2.89. The highest BCUT2D eigenvalue weighted by atomic mass is 16.4. The Morgan fingerprint density at radius 2 is 2.27 bits per heavy atom. The van der Waals surface area contributed by atoms with Gasteiger partial charge in [-0.25, -0.2) is 0 Å². The summed E-state index contributed by atoms with van der Waals surface area (Å²) in [5.74, 6) is -0.869. The van der Waals surface area contributed by atoms with Crippen molar-refractivity contribution in [3.63, 3.8) is 0 Å². The minimum atomic E-state index is -0.907. The smallest absolute Gasteiger partial charge is 0.310 e. The van der Waals surface area contributed by atoms with E-state index >= 15 is 0 Å². The first-order valence-electron chi connectivity index (χ1n) is 4.82. The van der Waals surface area contributed by atoms with Crippen molar-refractivity contribution in [1.29, 1.82) is 0 Å². The van der Waals surface area contributed by atoms with Gasteiger partial charge in [0.2, 0.25) is 0 Å². The van der Waals surface area contributed by atoms with Gasteiger partial charge in [-0.15, -0.1) is 0 Å². The summed E-state index contributed by atoms with van der Waals surface area (Å²) in [6.45, 7) is 3.70. The largest absolute Gasteiger partial charge is 0.481 e. The molecule has 1 rings (SSSR count). The second-order valence-electron chi connectivity index (χ2n) is 4.12. The van der Waals surface area contributed by atoms with E-state index in [2.05, 4.69) is 4.98 Å². The predicted molar refractivity (Wildman–Crippen MR) is 57.5 cm³/mol. The SMILES string of the molecule is Cc1cncc(CC(C)(CN)C(=O)O)c1. The zero-order chi connectivity index (χ0) is 11.5. The van der Waals surface area contributed by atoms with Crippen LogP contribution >= 0.6 is 0 Å². The monoisotopic (exact) mass is 208 g/mol. The number of aliphatic carboxylic acids is 1. The molecule has 3 N–H and O–H groups in total. The molecule has 0 saturated heterocycles. The van der Waals surface area contributed by atoms with E-state index in [0.717, 1.165) is 11.1 Å². The Labute approximate surface area is 89.1 Å². The minimum Gasteiger partial charge on any atom is -0.481 e. The molecule has 0 aliphatic carbocycles. The number of rotatable bonds is 4. The van der Waals surface area contributed by atoms with Crippen LogP contribution in [-0.4, -0.2) is 22.6 Å². The molecular formula is C11H16N2O2. The first-order valence-corrected chi connectivity index (χ1v) is 4.82. The van der Waals surface area contributed by atoms with E-state index in [1.165, 1.54) is 0 Å². The maximum Gasteiger partial charge on any atom is 0.310 e. The number of aromatic nitrogens is 1. The Kier molecular flexibility index (Phi) is 3.42. The topological polar surface area (TPSA) is 76.2 Å². The van der Waals surface area contributed by atoms with Gasteiger partial charge in [-0.1, -0.05) is 6.07 Å². The zero-order valence-electron chi connectivity index (χ0n) is 9.03. The van der Waals surface area contributed by atoms with Gasteiger partial charge in [0.25, 0.3) is 0 Å². The van der Waals surface area contributed by atoms with Crippen LogP contribution in [0.4, 0.5) is 0 Å². The van der Waals surface area contributed by atoms with Crippen LogP contribution in [0, 0.1) is 12.3 Å². The molecule has 82 valence electrons. The maximum absolute atomic E-state index is 11.0. The molecule has 1 atom stereocenters. The quantitative estimate of drug-likeness (QED) is 0.773. The van der Waals surface area contributed by atoms with Crippen molar-refractivity contribution in [3.8, 4) is 0 Å². The Hall–Kier alpha value is -1.42. The molecule has 0 bridgehead atoms. The second kappa shape index (κ2) is 4.40. The average Bonchev–Trinajstić information content (AvgIpc) is 2.17. The lowest BCUT2D eigenvalue weighted by atomic mass is 9.84. The number of nitrogens with zero attached hydrogens (tertiary/aromatic N) is 1. The molecule has 4 nitrogen and oxygen atoms in total. The van der Waals surface area contributed by atoms with Crippen molar-refractivity contribution >= 4 is 5.97 Å². The van der Waals surface area contributed by atoms with E-state index < -0.39 is 11.4 Å². The Bertz CT molecular complexity index is 365. The van der Waals surface area contributed by atoms with E-state index in [9.17, 15) is 4.79 Å². The number of carboxylic acid groups (broad SMARTS) is 1. The number of carboxylic acids is 1. The van der Waals surface area contributed by atoms with Crippen molar-refractivity contribution < 1.29 is 9.90 Å². The Morgan fingerprint density at radius 3 is 2.73 bits per heavy atom. The molecule has 1 aromatic rings. The molecule has 0 saturated carbocycles. The third-order valence-electron chi connectivity index (χ3n) is 2.49. The first kappa shape index (κ1) is 11.7. The number of carbonyl (C=O) groups is 1. The van der Waals surface area contributed by atoms with E-state index in [0.29, 0.717) is 6.42 Å². The van der Waals surface area contributed by atoms with Gasteiger partial charge in [-0.05, 0) is 31.4 Å². The molecule has 0 fully saturated rings. The van der Waals surface area contributed by atoms with Crippen LogP contribution in [0.1, 0.15) is 18.1 Å². The number of nitrogens with two attached hydrogens (primary N) is 1. The summed E-state index contributed by atoms with van der Waals surface area (Å²) in [6.07, 6.45) is 3.83. The van der Waals surface area contributed by atoms with Crippen LogP contribution in [0.5, 0.6) is 0 Å². The molecule has 0 aliphatic rings. The number of aryl methyl sites for hydroxylation is 1. The summed E-state index contributed by atoms with van der Waals surface area (Å²) in [5, 5.41) is 9.06. The van der Waals surface area contributed by atoms with E-state index in [1.807, 2.05) is 13.0 Å². The molecule has 0 radical (unpaired) electrons. The standard InChI is InChI=1S/C11H16N2O2/c1-8-3-9(6-13-5-8)4-11(2,7-12)10(14)15/h3,5-6H,4,7,12H2,1-2H3,(H,14,15). The van der Waals surface area contributed by atoms with Gasteiger partial charge in [0.1, 0.15) is 0 Å². The van der Waals surface area contributed by atoms with Crippen molar-refractivity contribution in [3.05, 3.63) is 29.6 Å². The second-order valence-corrected chi connectivity index (χ2v) is 4.12. The van der Waals surface area contributed by atoms with Gasteiger partial charge in [-0.2, -0.15) is 0 Å². The highest BCUT2D eigenvalue weighted by Gasteiger charge is 2.31. The minimum absolute atomic E-state index is 0.121. The molecule has 0 amide bonds. The summed E-state index contributed by atoms with van der Waals surface area (Å²) < 4.78 is 0. The normalized spacial score (nSPS) is 14.6. The molecule has 0 aromatic carbocycles. The van der Waals surface area contributed by atoms with Crippen molar-refractivity contribution in [2.45, 2.75) is 20.3 Å². The molecule has 4 heteroatoms. The summed E-state index contributed by atoms with van der Waals surface area (Å²) in [4.78, 5) is 15.1. The lowest BCUT2D eigenvalue weighted by Gasteiger charge is -2.22. The predicted octanol–water partition coefficient (Wildman–Crippen LogP) is 0.982. The summed E-state index contributed by atoms with van der Waals surface area (Å²) >= 11 is 0. The van der Waals surface area contributed by atoms with Crippen LogP contribution in [0.15, 0.2) is 18.5 Å². The third kappa shape index (κ3) is 2.76. The molecule has 1 aromatic heterocycles. The van der Waals surface area contributed by atoms with Gasteiger partial charge >= 0.3 is 5.97 Å². The van der Waals surface area contributed by atoms with Crippen LogP contribution in [0.2, 0.25) is 0 Å². The molecule has 0 aliphatic heterocycles. The van der Waals surface area contributed by atoms with E-state index in [-0.39, 0.29) is 6.54 Å².